The SMILES string of the molecule is Cc1ccc(OC2CCN(C(=O)c3ccc(C(F)(F)F)nc3)C2)nn1. The number of alkyl halides is 3. The van der Waals surface area contributed by atoms with E-state index >= 15 is 0 Å². The summed E-state index contributed by atoms with van der Waals surface area (Å²) >= 11 is 0. The molecule has 1 atom stereocenters. The van der Waals surface area contributed by atoms with Gasteiger partial charge in [0.2, 0.25) is 5.88 Å². The fraction of sp³-hybridized carbons (Fsp3) is 0.375. The maximum Gasteiger partial charge on any atom is 0.433 e. The number of nitrogens with zero attached hydrogens (tertiary/aromatic N) is 4. The average Bonchev–Trinajstić information content (AvgIpc) is 3.04. The number of carbonyl (C=O) groups is 1. The van der Waals surface area contributed by atoms with Crippen LogP contribution in [0.1, 0.15) is 28.2 Å². The zero-order valence-electron chi connectivity index (χ0n) is 13.3. The van der Waals surface area contributed by atoms with Gasteiger partial charge in [-0.2, -0.15) is 18.3 Å². The first-order valence-corrected chi connectivity index (χ1v) is 7.62. The summed E-state index contributed by atoms with van der Waals surface area (Å²) in [5.74, 6) is 0.00316. The lowest BCUT2D eigenvalue weighted by atomic mass is 10.2. The third-order valence-corrected chi connectivity index (χ3v) is 3.79. The molecule has 25 heavy (non-hydrogen) atoms. The maximum atomic E-state index is 12.5. The second-order valence-corrected chi connectivity index (χ2v) is 5.72. The number of aromatic nitrogens is 3. The highest BCUT2D eigenvalue weighted by molar-refractivity contribution is 5.94. The molecule has 3 heterocycles. The number of rotatable bonds is 3. The monoisotopic (exact) mass is 352 g/mol. The quantitative estimate of drug-likeness (QED) is 0.849. The van der Waals surface area contributed by atoms with E-state index in [4.69, 9.17) is 4.74 Å². The Balaban J connectivity index is 1.61. The molecule has 0 aromatic carbocycles. The van der Waals surface area contributed by atoms with Gasteiger partial charge in [0.05, 0.1) is 17.8 Å². The van der Waals surface area contributed by atoms with Gasteiger partial charge in [0.25, 0.3) is 5.91 Å². The molecule has 0 bridgehead atoms. The van der Waals surface area contributed by atoms with Gasteiger partial charge in [-0.05, 0) is 25.1 Å². The molecule has 6 nitrogen and oxygen atoms in total. The minimum absolute atomic E-state index is 0.115. The van der Waals surface area contributed by atoms with E-state index in [9.17, 15) is 18.0 Å². The van der Waals surface area contributed by atoms with Crippen molar-refractivity contribution in [2.45, 2.75) is 25.6 Å². The van der Waals surface area contributed by atoms with Gasteiger partial charge < -0.3 is 9.64 Å². The number of aryl methyl sites for hydroxylation is 1. The summed E-state index contributed by atoms with van der Waals surface area (Å²) in [5.41, 5.74) is -0.140. The molecule has 1 saturated heterocycles. The molecule has 0 N–H and O–H groups in total. The van der Waals surface area contributed by atoms with Gasteiger partial charge in [-0.25, -0.2) is 0 Å². The second kappa shape index (κ2) is 6.66. The van der Waals surface area contributed by atoms with Gasteiger partial charge >= 0.3 is 6.18 Å². The van der Waals surface area contributed by atoms with Crippen molar-refractivity contribution in [1.29, 1.82) is 0 Å². The Labute approximate surface area is 141 Å². The summed E-state index contributed by atoms with van der Waals surface area (Å²) in [5, 5.41) is 7.81. The molecule has 2 aromatic rings. The molecule has 1 aliphatic rings. The average molecular weight is 352 g/mol. The van der Waals surface area contributed by atoms with Crippen LogP contribution in [0, 0.1) is 6.92 Å². The summed E-state index contributed by atoms with van der Waals surface area (Å²) in [7, 11) is 0. The molecule has 2 aromatic heterocycles. The van der Waals surface area contributed by atoms with E-state index in [2.05, 4.69) is 15.2 Å². The van der Waals surface area contributed by atoms with Gasteiger partial charge in [-0.3, -0.25) is 9.78 Å². The highest BCUT2D eigenvalue weighted by Gasteiger charge is 2.33. The van der Waals surface area contributed by atoms with Gasteiger partial charge in [-0.15, -0.1) is 5.10 Å². The summed E-state index contributed by atoms with van der Waals surface area (Å²) in [6.45, 7) is 2.59. The predicted molar refractivity (Wildman–Crippen MR) is 80.9 cm³/mol. The van der Waals surface area contributed by atoms with Crippen LogP contribution in [0.3, 0.4) is 0 Å². The Hall–Kier alpha value is -2.71. The van der Waals surface area contributed by atoms with E-state index in [0.717, 1.165) is 24.0 Å². The smallest absolute Gasteiger partial charge is 0.433 e. The van der Waals surface area contributed by atoms with E-state index in [1.54, 1.807) is 12.1 Å². The number of hydrogen-bond donors (Lipinski definition) is 0. The van der Waals surface area contributed by atoms with Crippen molar-refractivity contribution >= 4 is 5.91 Å². The van der Waals surface area contributed by atoms with E-state index in [1.165, 1.54) is 4.90 Å². The standard InChI is InChI=1S/C16H15F3N4O2/c1-10-2-5-14(22-21-10)25-12-6-7-23(9-12)15(24)11-3-4-13(20-8-11)16(17,18)19/h2-5,8,12H,6-7,9H2,1H3. The van der Waals surface area contributed by atoms with E-state index in [-0.39, 0.29) is 17.6 Å². The summed E-state index contributed by atoms with van der Waals surface area (Å²) in [6.07, 6.45) is -3.20. The van der Waals surface area contributed by atoms with Crippen LogP contribution in [-0.2, 0) is 6.18 Å². The molecule has 1 fully saturated rings. The van der Waals surface area contributed by atoms with Crippen LogP contribution >= 0.6 is 0 Å². The van der Waals surface area contributed by atoms with E-state index in [0.29, 0.717) is 25.4 Å². The highest BCUT2D eigenvalue weighted by atomic mass is 19.4. The molecule has 132 valence electrons. The Bertz CT molecular complexity index is 747. The molecule has 3 rings (SSSR count). The maximum absolute atomic E-state index is 12.5. The van der Waals surface area contributed by atoms with Gasteiger partial charge in [0, 0.05) is 25.2 Å². The van der Waals surface area contributed by atoms with E-state index < -0.39 is 11.9 Å². The number of halogens is 3. The Morgan fingerprint density at radius 3 is 2.64 bits per heavy atom. The zero-order valence-corrected chi connectivity index (χ0v) is 13.3. The summed E-state index contributed by atoms with van der Waals surface area (Å²) < 4.78 is 43.2. The first kappa shape index (κ1) is 17.1. The Morgan fingerprint density at radius 2 is 2.04 bits per heavy atom. The number of hydrogen-bond acceptors (Lipinski definition) is 5. The summed E-state index contributed by atoms with van der Waals surface area (Å²) in [6, 6.07) is 5.41. The predicted octanol–water partition coefficient (Wildman–Crippen LogP) is 2.49. The van der Waals surface area contributed by atoms with Crippen LogP contribution in [0.5, 0.6) is 5.88 Å². The fourth-order valence-corrected chi connectivity index (χ4v) is 2.50. The van der Waals surface area contributed by atoms with Gasteiger partial charge in [0.1, 0.15) is 11.8 Å². The molecule has 0 aliphatic carbocycles. The highest BCUT2D eigenvalue weighted by Crippen LogP contribution is 2.27. The number of pyridine rings is 1. The summed E-state index contributed by atoms with van der Waals surface area (Å²) in [4.78, 5) is 17.2. The molecular weight excluding hydrogens is 337 g/mol. The van der Waals surface area contributed by atoms with Crippen LogP contribution in [0.25, 0.3) is 0 Å². The lowest BCUT2D eigenvalue weighted by Gasteiger charge is -2.17. The first-order chi connectivity index (χ1) is 11.8. The van der Waals surface area contributed by atoms with Gasteiger partial charge in [0.15, 0.2) is 0 Å². The first-order valence-electron chi connectivity index (χ1n) is 7.62. The van der Waals surface area contributed by atoms with Crippen LogP contribution in [0.4, 0.5) is 13.2 Å². The largest absolute Gasteiger partial charge is 0.471 e. The van der Waals surface area contributed by atoms with Crippen molar-refractivity contribution < 1.29 is 22.7 Å². The molecule has 0 spiro atoms. The van der Waals surface area contributed by atoms with Crippen LogP contribution in [0.2, 0.25) is 0 Å². The molecule has 0 radical (unpaired) electrons. The Morgan fingerprint density at radius 1 is 1.24 bits per heavy atom. The molecule has 1 aliphatic heterocycles. The van der Waals surface area contributed by atoms with Crippen LogP contribution in [-0.4, -0.2) is 45.2 Å². The topological polar surface area (TPSA) is 68.2 Å². The second-order valence-electron chi connectivity index (χ2n) is 5.72. The normalized spacial score (nSPS) is 17.6. The van der Waals surface area contributed by atoms with Crippen molar-refractivity contribution in [2.75, 3.05) is 13.1 Å². The third kappa shape index (κ3) is 4.04. The fourth-order valence-electron chi connectivity index (χ4n) is 2.50. The molecular formula is C16H15F3N4O2. The van der Waals surface area contributed by atoms with Gasteiger partial charge in [-0.1, -0.05) is 0 Å². The lowest BCUT2D eigenvalue weighted by Crippen LogP contribution is -2.31. The van der Waals surface area contributed by atoms with E-state index in [1.807, 2.05) is 6.92 Å². The Kier molecular flexibility index (Phi) is 4.56. The number of ether oxygens (including phenoxy) is 1. The third-order valence-electron chi connectivity index (χ3n) is 3.79. The molecule has 0 saturated carbocycles. The van der Waals surface area contributed by atoms with Crippen molar-refractivity contribution in [3.8, 4) is 5.88 Å². The van der Waals surface area contributed by atoms with Crippen molar-refractivity contribution in [3.63, 3.8) is 0 Å². The van der Waals surface area contributed by atoms with Crippen molar-refractivity contribution in [2.24, 2.45) is 0 Å². The van der Waals surface area contributed by atoms with Crippen molar-refractivity contribution in [3.05, 3.63) is 47.4 Å². The lowest BCUT2D eigenvalue weighted by molar-refractivity contribution is -0.141. The number of amides is 1. The zero-order chi connectivity index (χ0) is 18.0. The van der Waals surface area contributed by atoms with Crippen LogP contribution in [0.15, 0.2) is 30.5 Å². The molecule has 1 amide bonds. The number of carbonyl (C=O) groups excluding carboxylic acids is 1. The van der Waals surface area contributed by atoms with Crippen LogP contribution < -0.4 is 4.74 Å². The molecule has 1 unspecified atom stereocenters. The molecule has 9 heteroatoms. The number of likely N-dealkylation sites (tertiary alicyclic amines) is 1. The minimum Gasteiger partial charge on any atom is -0.471 e. The van der Waals surface area contributed by atoms with Crippen molar-refractivity contribution in [1.82, 2.24) is 20.1 Å². The minimum atomic E-state index is -4.52.